The van der Waals surface area contributed by atoms with Crippen LogP contribution in [-0.4, -0.2) is 17.6 Å². The predicted octanol–water partition coefficient (Wildman–Crippen LogP) is 14.3. The average molecular weight is 731 g/mol. The highest BCUT2D eigenvalue weighted by Crippen LogP contribution is 2.52. The molecule has 8 heterocycles. The van der Waals surface area contributed by atoms with Gasteiger partial charge in [0.1, 0.15) is 0 Å². The van der Waals surface area contributed by atoms with Crippen LogP contribution >= 0.6 is 0 Å². The number of rotatable bonds is 0. The Morgan fingerprint density at radius 2 is 0.517 bits per heavy atom. The molecule has 0 spiro atoms. The van der Waals surface area contributed by atoms with Gasteiger partial charge in [-0.2, -0.15) is 0 Å². The van der Waals surface area contributed by atoms with Crippen LogP contribution in [0.4, 0.5) is 0 Å². The maximum Gasteiger partial charge on any atom is 0.0628 e. The van der Waals surface area contributed by atoms with Crippen LogP contribution in [0, 0.1) is 0 Å². The molecule has 0 N–H and O–H groups in total. The van der Waals surface area contributed by atoms with E-state index in [4.69, 9.17) is 0 Å². The Morgan fingerprint density at radius 1 is 0.190 bits per heavy atom. The van der Waals surface area contributed by atoms with Gasteiger partial charge in [-0.3, -0.25) is 0 Å². The van der Waals surface area contributed by atoms with Gasteiger partial charge in [0.05, 0.1) is 66.2 Å². The normalized spacial score (nSPS) is 13.5. The van der Waals surface area contributed by atoms with E-state index in [1.165, 1.54) is 152 Å². The second kappa shape index (κ2) is 8.76. The van der Waals surface area contributed by atoms with Crippen LogP contribution in [0.2, 0.25) is 0 Å². The summed E-state index contributed by atoms with van der Waals surface area (Å²) in [5.41, 5.74) is 15.4. The van der Waals surface area contributed by atoms with Crippen molar-refractivity contribution in [1.29, 1.82) is 0 Å². The standard InChI is InChI=1S/C54H26N4/c1-5-19-39-27(11-1)29-15-9-17-33-47-45(57(39)51(29)33)25-37-35-23-44-36(24-43(35)55-41-21-7-3-13-31(41)49(47)53(37)55)38-26-46-48(50-32-14-4-8-22-42(32)56(44)54(38)50)34-18-10-16-30-28-12-2-6-20-40(28)58(46)52(30)34/h1-26H. The highest BCUT2D eigenvalue weighted by atomic mass is 15.0. The third kappa shape index (κ3) is 2.68. The number of fused-ring (bicyclic) bond motifs is 26. The van der Waals surface area contributed by atoms with Gasteiger partial charge in [0, 0.05) is 86.2 Å². The first kappa shape index (κ1) is 27.7. The molecule has 0 bridgehead atoms. The van der Waals surface area contributed by atoms with Crippen LogP contribution in [0.25, 0.3) is 152 Å². The summed E-state index contributed by atoms with van der Waals surface area (Å²) in [6.45, 7) is 0. The molecule has 58 heavy (non-hydrogen) atoms. The molecule has 262 valence electrons. The third-order valence-electron chi connectivity index (χ3n) is 14.4. The summed E-state index contributed by atoms with van der Waals surface area (Å²) in [7, 11) is 0. The monoisotopic (exact) mass is 730 g/mol. The van der Waals surface area contributed by atoms with E-state index in [0.717, 1.165) is 0 Å². The van der Waals surface area contributed by atoms with Crippen molar-refractivity contribution < 1.29 is 0 Å². The maximum absolute atomic E-state index is 2.58. The Kier molecular flexibility index (Phi) is 4.18. The zero-order chi connectivity index (χ0) is 36.9. The van der Waals surface area contributed by atoms with Gasteiger partial charge in [0.15, 0.2) is 0 Å². The molecule has 9 aromatic carbocycles. The molecular weight excluding hydrogens is 705 g/mol. The highest BCUT2D eigenvalue weighted by molar-refractivity contribution is 6.41. The molecule has 17 rings (SSSR count). The number of hydrogen-bond donors (Lipinski definition) is 0. The zero-order valence-corrected chi connectivity index (χ0v) is 30.8. The fourth-order valence-electron chi connectivity index (χ4n) is 12.4. The molecular formula is C54H26N4. The number of benzene rings is 9. The van der Waals surface area contributed by atoms with Gasteiger partial charge < -0.3 is 17.6 Å². The quantitative estimate of drug-likeness (QED) is 0.148. The third-order valence-corrected chi connectivity index (χ3v) is 14.4. The Hall–Kier alpha value is -7.82. The molecule has 0 unspecified atom stereocenters. The van der Waals surface area contributed by atoms with Crippen molar-refractivity contribution in [3.8, 4) is 0 Å². The van der Waals surface area contributed by atoms with Gasteiger partial charge in [-0.05, 0) is 48.5 Å². The molecule has 4 heteroatoms. The molecule has 4 nitrogen and oxygen atoms in total. The average Bonchev–Trinajstić information content (AvgIpc) is 4.15. The summed E-state index contributed by atoms with van der Waals surface area (Å²) in [5, 5.41) is 21.2. The Balaban J connectivity index is 1.14. The number of nitrogens with zero attached hydrogens (tertiary/aromatic N) is 4. The lowest BCUT2D eigenvalue weighted by Crippen LogP contribution is -1.83. The minimum Gasteiger partial charge on any atom is -0.308 e. The molecule has 0 aliphatic carbocycles. The largest absolute Gasteiger partial charge is 0.308 e. The first-order chi connectivity index (χ1) is 28.8. The minimum atomic E-state index is 1.26. The lowest BCUT2D eigenvalue weighted by molar-refractivity contribution is 1.36. The maximum atomic E-state index is 2.58. The molecule has 0 saturated heterocycles. The van der Waals surface area contributed by atoms with E-state index >= 15 is 0 Å². The smallest absolute Gasteiger partial charge is 0.0628 e. The summed E-state index contributed by atoms with van der Waals surface area (Å²) in [6, 6.07) is 59.8. The van der Waals surface area contributed by atoms with E-state index in [0.29, 0.717) is 0 Å². The number of para-hydroxylation sites is 6. The van der Waals surface area contributed by atoms with E-state index in [9.17, 15) is 0 Å². The first-order valence-corrected chi connectivity index (χ1v) is 20.3. The molecule has 0 fully saturated rings. The highest BCUT2D eigenvalue weighted by Gasteiger charge is 2.29. The van der Waals surface area contributed by atoms with Crippen molar-refractivity contribution in [3.05, 3.63) is 158 Å². The zero-order valence-electron chi connectivity index (χ0n) is 30.8. The fraction of sp³-hybridized carbons (Fsp3) is 0. The second-order valence-corrected chi connectivity index (χ2v) is 16.8. The summed E-state index contributed by atoms with van der Waals surface area (Å²) < 4.78 is 10.2. The van der Waals surface area contributed by atoms with Gasteiger partial charge >= 0.3 is 0 Å². The van der Waals surface area contributed by atoms with E-state index in [1.807, 2.05) is 0 Å². The van der Waals surface area contributed by atoms with Crippen LogP contribution in [0.15, 0.2) is 158 Å². The minimum absolute atomic E-state index is 1.26. The first-order valence-electron chi connectivity index (χ1n) is 20.3. The van der Waals surface area contributed by atoms with E-state index in [2.05, 4.69) is 175 Å². The Labute approximate surface area is 326 Å². The van der Waals surface area contributed by atoms with Crippen LogP contribution in [0.5, 0.6) is 0 Å². The SMILES string of the molecule is c1ccc2c(c1)c1cccc3c4c5c6ccccc6n6c7cc8c9cc%10c(c%11cccc%12c%13ccccc%13n%10c%12%11)c%10c%11ccccc%11n(c8cc7c(cc4n2c13)c56)c9%10. The fourth-order valence-corrected chi connectivity index (χ4v) is 12.4. The lowest BCUT2D eigenvalue weighted by Gasteiger charge is -2.03. The molecule has 0 radical (unpaired) electrons. The van der Waals surface area contributed by atoms with Crippen molar-refractivity contribution in [2.24, 2.45) is 0 Å². The van der Waals surface area contributed by atoms with Gasteiger partial charge in [0.2, 0.25) is 0 Å². The van der Waals surface area contributed by atoms with Crippen molar-refractivity contribution in [2.45, 2.75) is 0 Å². The van der Waals surface area contributed by atoms with Crippen molar-refractivity contribution in [3.63, 3.8) is 0 Å². The van der Waals surface area contributed by atoms with E-state index in [-0.39, 0.29) is 0 Å². The van der Waals surface area contributed by atoms with Crippen molar-refractivity contribution >= 4 is 152 Å². The second-order valence-electron chi connectivity index (χ2n) is 16.8. The Bertz CT molecular complexity index is 4420. The molecule has 0 aliphatic rings. The topological polar surface area (TPSA) is 17.6 Å². The molecule has 0 amide bonds. The number of hydrogen-bond acceptors (Lipinski definition) is 0. The summed E-state index contributed by atoms with van der Waals surface area (Å²) in [5.74, 6) is 0. The van der Waals surface area contributed by atoms with Gasteiger partial charge in [-0.25, -0.2) is 0 Å². The molecule has 0 aliphatic heterocycles. The molecule has 0 atom stereocenters. The van der Waals surface area contributed by atoms with Gasteiger partial charge in [-0.1, -0.05) is 109 Å². The molecule has 0 saturated carbocycles. The number of aromatic nitrogens is 4. The van der Waals surface area contributed by atoms with E-state index in [1.54, 1.807) is 0 Å². The molecule has 8 aromatic heterocycles. The van der Waals surface area contributed by atoms with Crippen LogP contribution in [0.1, 0.15) is 0 Å². The summed E-state index contributed by atoms with van der Waals surface area (Å²) in [6.07, 6.45) is 0. The van der Waals surface area contributed by atoms with Crippen LogP contribution < -0.4 is 0 Å². The lowest BCUT2D eigenvalue weighted by atomic mass is 9.99. The van der Waals surface area contributed by atoms with Gasteiger partial charge in [-0.15, -0.1) is 0 Å². The van der Waals surface area contributed by atoms with Crippen LogP contribution in [0.3, 0.4) is 0 Å². The summed E-state index contributed by atoms with van der Waals surface area (Å²) >= 11 is 0. The van der Waals surface area contributed by atoms with Gasteiger partial charge in [0.25, 0.3) is 0 Å². The predicted molar refractivity (Wildman–Crippen MR) is 245 cm³/mol. The van der Waals surface area contributed by atoms with Crippen molar-refractivity contribution in [1.82, 2.24) is 17.6 Å². The summed E-state index contributed by atoms with van der Waals surface area (Å²) in [4.78, 5) is 0. The van der Waals surface area contributed by atoms with Crippen LogP contribution in [-0.2, 0) is 0 Å². The molecule has 17 aromatic rings. The van der Waals surface area contributed by atoms with Crippen molar-refractivity contribution in [2.75, 3.05) is 0 Å². The van der Waals surface area contributed by atoms with E-state index < -0.39 is 0 Å². The Morgan fingerprint density at radius 3 is 0.966 bits per heavy atom.